The molecule has 0 unspecified atom stereocenters. The Morgan fingerprint density at radius 2 is 2.24 bits per heavy atom. The van der Waals surface area contributed by atoms with Crippen LogP contribution in [-0.2, 0) is 6.54 Å². The van der Waals surface area contributed by atoms with Gasteiger partial charge in [0.1, 0.15) is 5.75 Å². The molecule has 1 heterocycles. The molecule has 2 rings (SSSR count). The van der Waals surface area contributed by atoms with E-state index in [1.54, 1.807) is 12.1 Å². The predicted octanol–water partition coefficient (Wildman–Crippen LogP) is 2.78. The van der Waals surface area contributed by atoms with Crippen LogP contribution in [0.3, 0.4) is 0 Å². The molecule has 0 aliphatic rings. The van der Waals surface area contributed by atoms with Gasteiger partial charge in [-0.3, -0.25) is 4.68 Å². The summed E-state index contributed by atoms with van der Waals surface area (Å²) in [5.41, 5.74) is 2.03. The van der Waals surface area contributed by atoms with E-state index in [4.69, 9.17) is 0 Å². The summed E-state index contributed by atoms with van der Waals surface area (Å²) in [6.45, 7) is 4.86. The summed E-state index contributed by atoms with van der Waals surface area (Å²) in [6, 6.07) is 7.59. The van der Waals surface area contributed by atoms with E-state index in [0.29, 0.717) is 18.3 Å². The third-order valence-electron chi connectivity index (χ3n) is 2.54. The lowest BCUT2D eigenvalue weighted by atomic mass is 10.2. The Morgan fingerprint density at radius 3 is 2.88 bits per heavy atom. The summed E-state index contributed by atoms with van der Waals surface area (Å²) in [5.74, 6) is 0.294. The van der Waals surface area contributed by atoms with E-state index >= 15 is 0 Å². The van der Waals surface area contributed by atoms with E-state index in [9.17, 15) is 5.11 Å². The molecule has 0 fully saturated rings. The first-order chi connectivity index (χ1) is 8.15. The smallest absolute Gasteiger partial charge is 0.115 e. The number of nitrogens with one attached hydrogen (secondary N) is 1. The van der Waals surface area contributed by atoms with Crippen molar-refractivity contribution in [1.29, 1.82) is 0 Å². The Bertz CT molecular complexity index is 491. The SMILES string of the molecule is CC(C)n1cc(NCc2cccc(O)c2)cn1. The van der Waals surface area contributed by atoms with Crippen LogP contribution in [0.4, 0.5) is 5.69 Å². The first kappa shape index (κ1) is 11.5. The fourth-order valence-corrected chi connectivity index (χ4v) is 1.58. The second kappa shape index (κ2) is 4.91. The van der Waals surface area contributed by atoms with Crippen LogP contribution in [0.25, 0.3) is 0 Å². The van der Waals surface area contributed by atoms with Crippen LogP contribution in [0.5, 0.6) is 5.75 Å². The van der Waals surface area contributed by atoms with Crippen LogP contribution in [0.2, 0.25) is 0 Å². The molecule has 0 radical (unpaired) electrons. The van der Waals surface area contributed by atoms with Crippen molar-refractivity contribution in [3.63, 3.8) is 0 Å². The van der Waals surface area contributed by atoms with Crippen molar-refractivity contribution in [3.8, 4) is 5.75 Å². The molecular weight excluding hydrogens is 214 g/mol. The number of rotatable bonds is 4. The highest BCUT2D eigenvalue weighted by Crippen LogP contribution is 2.14. The molecule has 2 N–H and O–H groups in total. The number of aromatic nitrogens is 2. The van der Waals surface area contributed by atoms with Crippen molar-refractivity contribution >= 4 is 5.69 Å². The Kier molecular flexibility index (Phi) is 3.32. The number of benzene rings is 1. The number of phenolic OH excluding ortho intramolecular Hbond substituents is 1. The molecule has 0 spiro atoms. The van der Waals surface area contributed by atoms with Crippen LogP contribution in [0, 0.1) is 0 Å². The minimum absolute atomic E-state index is 0.294. The summed E-state index contributed by atoms with van der Waals surface area (Å²) < 4.78 is 1.91. The number of phenols is 1. The zero-order valence-electron chi connectivity index (χ0n) is 10.1. The molecule has 1 aromatic heterocycles. The molecule has 17 heavy (non-hydrogen) atoms. The third-order valence-corrected chi connectivity index (χ3v) is 2.54. The van der Waals surface area contributed by atoms with Gasteiger partial charge in [-0.05, 0) is 31.5 Å². The van der Waals surface area contributed by atoms with Gasteiger partial charge >= 0.3 is 0 Å². The highest BCUT2D eigenvalue weighted by molar-refractivity contribution is 5.40. The van der Waals surface area contributed by atoms with Gasteiger partial charge in [0.05, 0.1) is 11.9 Å². The number of hydrogen-bond donors (Lipinski definition) is 2. The van der Waals surface area contributed by atoms with Gasteiger partial charge in [0.15, 0.2) is 0 Å². The molecule has 0 aliphatic heterocycles. The van der Waals surface area contributed by atoms with E-state index in [-0.39, 0.29) is 0 Å². The zero-order valence-corrected chi connectivity index (χ0v) is 10.1. The van der Waals surface area contributed by atoms with E-state index in [1.165, 1.54) is 0 Å². The molecule has 0 atom stereocenters. The van der Waals surface area contributed by atoms with Gasteiger partial charge in [0.25, 0.3) is 0 Å². The van der Waals surface area contributed by atoms with E-state index in [2.05, 4.69) is 24.3 Å². The minimum atomic E-state index is 0.294. The van der Waals surface area contributed by atoms with E-state index in [0.717, 1.165) is 11.3 Å². The lowest BCUT2D eigenvalue weighted by Gasteiger charge is -2.05. The molecule has 90 valence electrons. The average Bonchev–Trinajstić information content (AvgIpc) is 2.75. The van der Waals surface area contributed by atoms with Crippen molar-refractivity contribution in [2.45, 2.75) is 26.4 Å². The Balaban J connectivity index is 1.97. The number of anilines is 1. The van der Waals surface area contributed by atoms with Gasteiger partial charge < -0.3 is 10.4 Å². The standard InChI is InChI=1S/C13H17N3O/c1-10(2)16-9-12(8-15-16)14-7-11-4-3-5-13(17)6-11/h3-6,8-10,14,17H,7H2,1-2H3. The van der Waals surface area contributed by atoms with Crippen LogP contribution in [0.15, 0.2) is 36.7 Å². The number of hydrogen-bond acceptors (Lipinski definition) is 3. The molecular formula is C13H17N3O. The fraction of sp³-hybridized carbons (Fsp3) is 0.308. The van der Waals surface area contributed by atoms with Crippen LogP contribution in [0.1, 0.15) is 25.5 Å². The van der Waals surface area contributed by atoms with Gasteiger partial charge in [-0.2, -0.15) is 5.10 Å². The molecule has 1 aromatic carbocycles. The topological polar surface area (TPSA) is 50.1 Å². The molecule has 0 saturated carbocycles. The second-order valence-electron chi connectivity index (χ2n) is 4.33. The molecule has 2 aromatic rings. The van der Waals surface area contributed by atoms with Crippen molar-refractivity contribution in [2.24, 2.45) is 0 Å². The van der Waals surface area contributed by atoms with Crippen LogP contribution < -0.4 is 5.32 Å². The Labute approximate surface area is 101 Å². The zero-order chi connectivity index (χ0) is 12.3. The summed E-state index contributed by atoms with van der Waals surface area (Å²) in [6.07, 6.45) is 3.79. The largest absolute Gasteiger partial charge is 0.508 e. The van der Waals surface area contributed by atoms with E-state index < -0.39 is 0 Å². The van der Waals surface area contributed by atoms with Crippen LogP contribution >= 0.6 is 0 Å². The monoisotopic (exact) mass is 231 g/mol. The maximum absolute atomic E-state index is 9.34. The summed E-state index contributed by atoms with van der Waals surface area (Å²) in [7, 11) is 0. The quantitative estimate of drug-likeness (QED) is 0.850. The number of aromatic hydroxyl groups is 1. The highest BCUT2D eigenvalue weighted by Gasteiger charge is 2.01. The molecule has 4 nitrogen and oxygen atoms in total. The molecule has 0 bridgehead atoms. The van der Waals surface area contributed by atoms with Crippen molar-refractivity contribution in [3.05, 3.63) is 42.2 Å². The van der Waals surface area contributed by atoms with Crippen molar-refractivity contribution < 1.29 is 5.11 Å². The van der Waals surface area contributed by atoms with Crippen molar-refractivity contribution in [1.82, 2.24) is 9.78 Å². The van der Waals surface area contributed by atoms with Crippen LogP contribution in [-0.4, -0.2) is 14.9 Å². The lowest BCUT2D eigenvalue weighted by molar-refractivity contribution is 0.474. The maximum Gasteiger partial charge on any atom is 0.115 e. The Hall–Kier alpha value is -1.97. The molecule has 0 amide bonds. The molecule has 0 aliphatic carbocycles. The first-order valence-electron chi connectivity index (χ1n) is 5.71. The summed E-state index contributed by atoms with van der Waals surface area (Å²) in [4.78, 5) is 0. The van der Waals surface area contributed by atoms with Gasteiger partial charge in [0.2, 0.25) is 0 Å². The average molecular weight is 231 g/mol. The fourth-order valence-electron chi connectivity index (χ4n) is 1.58. The van der Waals surface area contributed by atoms with E-state index in [1.807, 2.05) is 29.2 Å². The van der Waals surface area contributed by atoms with Gasteiger partial charge in [-0.1, -0.05) is 12.1 Å². The van der Waals surface area contributed by atoms with Gasteiger partial charge in [-0.25, -0.2) is 0 Å². The lowest BCUT2D eigenvalue weighted by Crippen LogP contribution is -2.01. The first-order valence-corrected chi connectivity index (χ1v) is 5.71. The Morgan fingerprint density at radius 1 is 1.41 bits per heavy atom. The maximum atomic E-state index is 9.34. The minimum Gasteiger partial charge on any atom is -0.508 e. The molecule has 4 heteroatoms. The summed E-state index contributed by atoms with van der Waals surface area (Å²) >= 11 is 0. The van der Waals surface area contributed by atoms with Gasteiger partial charge in [0, 0.05) is 18.8 Å². The van der Waals surface area contributed by atoms with Crippen molar-refractivity contribution in [2.75, 3.05) is 5.32 Å². The normalized spacial score (nSPS) is 10.8. The third kappa shape index (κ3) is 3.00. The number of nitrogens with zero attached hydrogens (tertiary/aromatic N) is 2. The van der Waals surface area contributed by atoms with Gasteiger partial charge in [-0.15, -0.1) is 0 Å². The summed E-state index contributed by atoms with van der Waals surface area (Å²) in [5, 5.41) is 16.9. The highest BCUT2D eigenvalue weighted by atomic mass is 16.3. The second-order valence-corrected chi connectivity index (χ2v) is 4.33. The predicted molar refractivity (Wildman–Crippen MR) is 68.0 cm³/mol. The molecule has 0 saturated heterocycles.